The first kappa shape index (κ1) is 22.9. The van der Waals surface area contributed by atoms with Gasteiger partial charge in [-0.15, -0.1) is 6.58 Å². The standard InChI is InChI=1S/C27H34O4/c1-6-7-14-31-24-12-10-19(4)25(22(16-18(2)3)27(28)29-5)26(24)21-11-13-23-20(17-21)9-8-15-30-23/h10-13,17,22H,2,6-9,14-16H2,1,3-5H3. The minimum absolute atomic E-state index is 0.251. The van der Waals surface area contributed by atoms with Crippen LogP contribution < -0.4 is 9.47 Å². The van der Waals surface area contributed by atoms with Crippen LogP contribution in [0.3, 0.4) is 0 Å². The molecule has 0 fully saturated rings. The molecule has 3 rings (SSSR count). The predicted molar refractivity (Wildman–Crippen MR) is 125 cm³/mol. The zero-order valence-electron chi connectivity index (χ0n) is 19.3. The summed E-state index contributed by atoms with van der Waals surface area (Å²) < 4.78 is 17.3. The third kappa shape index (κ3) is 5.30. The van der Waals surface area contributed by atoms with Crippen molar-refractivity contribution in [2.24, 2.45) is 0 Å². The van der Waals surface area contributed by atoms with Gasteiger partial charge in [0, 0.05) is 5.56 Å². The first-order valence-electron chi connectivity index (χ1n) is 11.2. The number of ether oxygens (including phenoxy) is 3. The minimum atomic E-state index is -0.431. The molecule has 0 aliphatic carbocycles. The molecule has 1 unspecified atom stereocenters. The maximum Gasteiger partial charge on any atom is 0.313 e. The van der Waals surface area contributed by atoms with Crippen molar-refractivity contribution in [3.63, 3.8) is 0 Å². The molecule has 0 bridgehead atoms. The second-order valence-electron chi connectivity index (χ2n) is 8.38. The SMILES string of the molecule is C=C(C)CC(C(=O)OC)c1c(C)ccc(OCCCC)c1-c1ccc2c(c1)CCCO2. The molecular formula is C27H34O4. The Hall–Kier alpha value is -2.75. The molecule has 31 heavy (non-hydrogen) atoms. The van der Waals surface area contributed by atoms with Crippen molar-refractivity contribution in [3.05, 3.63) is 59.2 Å². The Kier molecular flexibility index (Phi) is 7.78. The van der Waals surface area contributed by atoms with Crippen LogP contribution in [0.4, 0.5) is 0 Å². The highest BCUT2D eigenvalue weighted by Crippen LogP contribution is 2.43. The molecular weight excluding hydrogens is 388 g/mol. The maximum atomic E-state index is 12.9. The quantitative estimate of drug-likeness (QED) is 0.267. The summed E-state index contributed by atoms with van der Waals surface area (Å²) in [6.07, 6.45) is 4.57. The minimum Gasteiger partial charge on any atom is -0.493 e. The van der Waals surface area contributed by atoms with E-state index >= 15 is 0 Å². The van der Waals surface area contributed by atoms with Crippen LogP contribution in [0, 0.1) is 6.92 Å². The third-order valence-corrected chi connectivity index (χ3v) is 5.76. The van der Waals surface area contributed by atoms with Gasteiger partial charge in [-0.2, -0.15) is 0 Å². The van der Waals surface area contributed by atoms with E-state index in [1.807, 2.05) is 32.0 Å². The van der Waals surface area contributed by atoms with E-state index in [1.54, 1.807) is 0 Å². The van der Waals surface area contributed by atoms with Crippen LogP contribution >= 0.6 is 0 Å². The lowest BCUT2D eigenvalue weighted by atomic mass is 9.83. The average Bonchev–Trinajstić information content (AvgIpc) is 2.77. The molecule has 1 aliphatic rings. The van der Waals surface area contributed by atoms with Crippen molar-refractivity contribution in [3.8, 4) is 22.6 Å². The molecule has 0 amide bonds. The molecule has 0 saturated heterocycles. The number of benzene rings is 2. The number of esters is 1. The molecule has 4 heteroatoms. The summed E-state index contributed by atoms with van der Waals surface area (Å²) >= 11 is 0. The van der Waals surface area contributed by atoms with Crippen LogP contribution in [-0.2, 0) is 16.0 Å². The molecule has 2 aromatic carbocycles. The first-order valence-corrected chi connectivity index (χ1v) is 11.2. The van der Waals surface area contributed by atoms with Crippen LogP contribution in [-0.4, -0.2) is 26.3 Å². The number of aryl methyl sites for hydroxylation is 2. The van der Waals surface area contributed by atoms with Gasteiger partial charge in [0.25, 0.3) is 0 Å². The van der Waals surface area contributed by atoms with Crippen LogP contribution in [0.25, 0.3) is 11.1 Å². The van der Waals surface area contributed by atoms with Gasteiger partial charge in [-0.3, -0.25) is 4.79 Å². The Morgan fingerprint density at radius 2 is 2.06 bits per heavy atom. The number of allylic oxidation sites excluding steroid dienone is 1. The number of carbonyl (C=O) groups excluding carboxylic acids is 1. The summed E-state index contributed by atoms with van der Waals surface area (Å²) in [6, 6.07) is 10.4. The van der Waals surface area contributed by atoms with Crippen molar-refractivity contribution in [2.75, 3.05) is 20.3 Å². The van der Waals surface area contributed by atoms with Crippen molar-refractivity contribution in [2.45, 2.75) is 58.8 Å². The number of methoxy groups -OCH3 is 1. The highest BCUT2D eigenvalue weighted by molar-refractivity contribution is 5.86. The van der Waals surface area contributed by atoms with E-state index in [0.717, 1.165) is 71.6 Å². The van der Waals surface area contributed by atoms with Gasteiger partial charge < -0.3 is 14.2 Å². The molecule has 0 spiro atoms. The highest BCUT2D eigenvalue weighted by atomic mass is 16.5. The van der Waals surface area contributed by atoms with E-state index in [0.29, 0.717) is 13.0 Å². The van der Waals surface area contributed by atoms with Crippen molar-refractivity contribution in [1.29, 1.82) is 0 Å². The Bertz CT molecular complexity index is 944. The number of unbranched alkanes of at least 4 members (excludes halogenated alkanes) is 1. The molecule has 1 atom stereocenters. The molecule has 0 radical (unpaired) electrons. The highest BCUT2D eigenvalue weighted by Gasteiger charge is 2.29. The van der Waals surface area contributed by atoms with Gasteiger partial charge in [0.2, 0.25) is 0 Å². The number of hydrogen-bond acceptors (Lipinski definition) is 4. The summed E-state index contributed by atoms with van der Waals surface area (Å²) in [5.74, 6) is 1.07. The summed E-state index contributed by atoms with van der Waals surface area (Å²) in [5, 5.41) is 0. The Morgan fingerprint density at radius 3 is 2.77 bits per heavy atom. The van der Waals surface area contributed by atoms with Gasteiger partial charge in [0.05, 0.1) is 26.2 Å². The van der Waals surface area contributed by atoms with Crippen molar-refractivity contribution in [1.82, 2.24) is 0 Å². The third-order valence-electron chi connectivity index (χ3n) is 5.76. The summed E-state index contributed by atoms with van der Waals surface area (Å²) in [5.41, 5.74) is 6.16. The predicted octanol–water partition coefficient (Wildman–Crippen LogP) is 6.39. The molecule has 1 heterocycles. The van der Waals surface area contributed by atoms with E-state index in [4.69, 9.17) is 14.2 Å². The molecule has 4 nitrogen and oxygen atoms in total. The van der Waals surface area contributed by atoms with Crippen LogP contribution in [0.1, 0.15) is 62.1 Å². The zero-order valence-corrected chi connectivity index (χ0v) is 19.3. The lowest BCUT2D eigenvalue weighted by Crippen LogP contribution is -2.17. The molecule has 0 saturated carbocycles. The monoisotopic (exact) mass is 422 g/mol. The smallest absolute Gasteiger partial charge is 0.313 e. The summed E-state index contributed by atoms with van der Waals surface area (Å²) in [6.45, 7) is 11.6. The van der Waals surface area contributed by atoms with E-state index in [9.17, 15) is 4.79 Å². The molecule has 0 aromatic heterocycles. The topological polar surface area (TPSA) is 44.8 Å². The second-order valence-corrected chi connectivity index (χ2v) is 8.38. The number of fused-ring (bicyclic) bond motifs is 1. The van der Waals surface area contributed by atoms with Gasteiger partial charge in [0.1, 0.15) is 11.5 Å². The lowest BCUT2D eigenvalue weighted by Gasteiger charge is -2.25. The van der Waals surface area contributed by atoms with Gasteiger partial charge in [0.15, 0.2) is 0 Å². The van der Waals surface area contributed by atoms with Gasteiger partial charge in [-0.05, 0) is 80.0 Å². The second kappa shape index (κ2) is 10.5. The average molecular weight is 423 g/mol. The fraction of sp³-hybridized carbons (Fsp3) is 0.444. The van der Waals surface area contributed by atoms with E-state index < -0.39 is 5.92 Å². The Morgan fingerprint density at radius 1 is 1.26 bits per heavy atom. The largest absolute Gasteiger partial charge is 0.493 e. The van der Waals surface area contributed by atoms with Crippen LogP contribution in [0.2, 0.25) is 0 Å². The van der Waals surface area contributed by atoms with E-state index in [2.05, 4.69) is 25.6 Å². The molecule has 0 N–H and O–H groups in total. The van der Waals surface area contributed by atoms with Crippen molar-refractivity contribution >= 4 is 5.97 Å². The fourth-order valence-electron chi connectivity index (χ4n) is 4.21. The Balaban J connectivity index is 2.20. The molecule has 166 valence electrons. The first-order chi connectivity index (χ1) is 15.0. The number of rotatable bonds is 9. The van der Waals surface area contributed by atoms with E-state index in [-0.39, 0.29) is 5.97 Å². The molecule has 1 aliphatic heterocycles. The van der Waals surface area contributed by atoms with Crippen molar-refractivity contribution < 1.29 is 19.0 Å². The zero-order chi connectivity index (χ0) is 22.4. The molecule has 2 aromatic rings. The van der Waals surface area contributed by atoms with Crippen LogP contribution in [0.5, 0.6) is 11.5 Å². The lowest BCUT2D eigenvalue weighted by molar-refractivity contribution is -0.142. The van der Waals surface area contributed by atoms with E-state index in [1.165, 1.54) is 12.7 Å². The Labute approximate surface area is 186 Å². The fourth-order valence-corrected chi connectivity index (χ4v) is 4.21. The van der Waals surface area contributed by atoms with Gasteiger partial charge in [-0.1, -0.05) is 31.1 Å². The number of hydrogen-bond donors (Lipinski definition) is 0. The summed E-state index contributed by atoms with van der Waals surface area (Å²) in [7, 11) is 1.45. The van der Waals surface area contributed by atoms with Crippen LogP contribution in [0.15, 0.2) is 42.5 Å². The normalized spacial score (nSPS) is 13.7. The van der Waals surface area contributed by atoms with Gasteiger partial charge >= 0.3 is 5.97 Å². The summed E-state index contributed by atoms with van der Waals surface area (Å²) in [4.78, 5) is 12.9. The van der Waals surface area contributed by atoms with Gasteiger partial charge in [-0.25, -0.2) is 0 Å². The number of carbonyl (C=O) groups is 1. The maximum absolute atomic E-state index is 12.9.